The summed E-state index contributed by atoms with van der Waals surface area (Å²) in [4.78, 5) is 2.91. The van der Waals surface area contributed by atoms with E-state index in [-0.39, 0.29) is 6.61 Å². The van der Waals surface area contributed by atoms with Gasteiger partial charge in [0.1, 0.15) is 0 Å². The van der Waals surface area contributed by atoms with E-state index in [1.807, 2.05) is 4.57 Å². The van der Waals surface area contributed by atoms with Crippen LogP contribution in [0.3, 0.4) is 0 Å². The number of aliphatic hydroxyl groups is 1. The second kappa shape index (κ2) is 6.83. The lowest BCUT2D eigenvalue weighted by Gasteiger charge is -2.08. The third-order valence-electron chi connectivity index (χ3n) is 2.41. The van der Waals surface area contributed by atoms with Gasteiger partial charge in [0.05, 0.1) is 18.9 Å². The zero-order valence-corrected chi connectivity index (χ0v) is 10.7. The van der Waals surface area contributed by atoms with E-state index in [0.29, 0.717) is 23.8 Å². The van der Waals surface area contributed by atoms with E-state index in [0.717, 1.165) is 18.7 Å². The number of H-pyrrole nitrogens is 1. The van der Waals surface area contributed by atoms with E-state index < -0.39 is 0 Å². The standard InChI is InChI=1S/C11H20N2O2S/c1-9(2)3-5-15-6-4-13-10(8-14)7-12-11(13)16/h7,9,14H,3-6,8H2,1-2H3,(H,12,16). The molecule has 1 rings (SSSR count). The lowest BCUT2D eigenvalue weighted by molar-refractivity contribution is 0.114. The fourth-order valence-electron chi connectivity index (χ4n) is 1.38. The highest BCUT2D eigenvalue weighted by atomic mass is 32.1. The number of hydrogen-bond acceptors (Lipinski definition) is 3. The molecule has 5 heteroatoms. The summed E-state index contributed by atoms with van der Waals surface area (Å²) in [5, 5.41) is 9.08. The molecule has 1 aromatic heterocycles. The molecule has 16 heavy (non-hydrogen) atoms. The molecule has 0 aliphatic heterocycles. The van der Waals surface area contributed by atoms with Gasteiger partial charge >= 0.3 is 0 Å². The van der Waals surface area contributed by atoms with Gasteiger partial charge < -0.3 is 19.4 Å². The maximum atomic E-state index is 9.08. The Morgan fingerprint density at radius 2 is 2.25 bits per heavy atom. The van der Waals surface area contributed by atoms with Crippen LogP contribution >= 0.6 is 12.2 Å². The molecular formula is C11H20N2O2S. The first-order chi connectivity index (χ1) is 7.65. The largest absolute Gasteiger partial charge is 0.390 e. The smallest absolute Gasteiger partial charge is 0.177 e. The summed E-state index contributed by atoms with van der Waals surface area (Å²) in [7, 11) is 0. The third kappa shape index (κ3) is 4.08. The van der Waals surface area contributed by atoms with Crippen LogP contribution in [-0.4, -0.2) is 27.9 Å². The van der Waals surface area contributed by atoms with Crippen molar-refractivity contribution in [3.05, 3.63) is 16.7 Å². The summed E-state index contributed by atoms with van der Waals surface area (Å²) in [6.45, 7) is 6.45. The normalized spacial score (nSPS) is 11.2. The first-order valence-corrected chi connectivity index (χ1v) is 6.01. The summed E-state index contributed by atoms with van der Waals surface area (Å²) in [6.07, 6.45) is 2.81. The molecule has 0 spiro atoms. The number of nitrogens with zero attached hydrogens (tertiary/aromatic N) is 1. The van der Waals surface area contributed by atoms with Crippen molar-refractivity contribution in [1.29, 1.82) is 0 Å². The van der Waals surface area contributed by atoms with Crippen molar-refractivity contribution in [3.63, 3.8) is 0 Å². The lowest BCUT2D eigenvalue weighted by atomic mass is 10.1. The molecule has 0 aliphatic carbocycles. The van der Waals surface area contributed by atoms with Crippen molar-refractivity contribution in [1.82, 2.24) is 9.55 Å². The molecule has 0 saturated carbocycles. The molecule has 0 saturated heterocycles. The molecule has 92 valence electrons. The molecule has 0 aliphatic rings. The van der Waals surface area contributed by atoms with Crippen molar-refractivity contribution in [2.45, 2.75) is 33.4 Å². The Labute approximate surface area is 101 Å². The molecule has 0 fully saturated rings. The van der Waals surface area contributed by atoms with Crippen LogP contribution in [0.1, 0.15) is 26.0 Å². The SMILES string of the molecule is CC(C)CCOCCn1c(CO)c[nH]c1=S. The van der Waals surface area contributed by atoms with E-state index in [1.54, 1.807) is 6.20 Å². The minimum absolute atomic E-state index is 0.000859. The lowest BCUT2D eigenvalue weighted by Crippen LogP contribution is -2.10. The number of nitrogens with one attached hydrogen (secondary N) is 1. The summed E-state index contributed by atoms with van der Waals surface area (Å²) < 4.78 is 8.01. The van der Waals surface area contributed by atoms with Gasteiger partial charge in [-0.1, -0.05) is 13.8 Å². The molecule has 2 N–H and O–H groups in total. The molecule has 0 aromatic carbocycles. The Kier molecular flexibility index (Phi) is 5.73. The third-order valence-corrected chi connectivity index (χ3v) is 2.75. The first kappa shape index (κ1) is 13.4. The molecule has 1 aromatic rings. The van der Waals surface area contributed by atoms with Gasteiger partial charge in [0.2, 0.25) is 0 Å². The van der Waals surface area contributed by atoms with Gasteiger partial charge in [0, 0.05) is 19.3 Å². The fraction of sp³-hybridized carbons (Fsp3) is 0.727. The van der Waals surface area contributed by atoms with E-state index in [9.17, 15) is 0 Å². The Morgan fingerprint density at radius 1 is 1.50 bits per heavy atom. The van der Waals surface area contributed by atoms with Crippen LogP contribution in [0.2, 0.25) is 0 Å². The van der Waals surface area contributed by atoms with Gasteiger partial charge in [0.15, 0.2) is 4.77 Å². The predicted octanol–water partition coefficient (Wildman–Crippen LogP) is 2.10. The summed E-state index contributed by atoms with van der Waals surface area (Å²) in [6, 6.07) is 0. The van der Waals surface area contributed by atoms with Crippen molar-refractivity contribution < 1.29 is 9.84 Å². The highest BCUT2D eigenvalue weighted by molar-refractivity contribution is 7.71. The molecule has 0 amide bonds. The number of imidazole rings is 1. The van der Waals surface area contributed by atoms with Crippen LogP contribution < -0.4 is 0 Å². The number of aliphatic hydroxyl groups excluding tert-OH is 1. The Balaban J connectivity index is 2.31. The molecule has 0 radical (unpaired) electrons. The Morgan fingerprint density at radius 3 is 2.88 bits per heavy atom. The van der Waals surface area contributed by atoms with Crippen LogP contribution in [0.25, 0.3) is 0 Å². The maximum Gasteiger partial charge on any atom is 0.177 e. The Bertz CT molecular complexity index is 357. The van der Waals surface area contributed by atoms with Crippen molar-refractivity contribution in [3.8, 4) is 0 Å². The van der Waals surface area contributed by atoms with Crippen LogP contribution in [0, 0.1) is 10.7 Å². The van der Waals surface area contributed by atoms with Crippen LogP contribution in [-0.2, 0) is 17.9 Å². The van der Waals surface area contributed by atoms with E-state index >= 15 is 0 Å². The maximum absolute atomic E-state index is 9.08. The average Bonchev–Trinajstić information content (AvgIpc) is 2.59. The number of ether oxygens (including phenoxy) is 1. The zero-order valence-electron chi connectivity index (χ0n) is 9.90. The minimum Gasteiger partial charge on any atom is -0.390 e. The monoisotopic (exact) mass is 244 g/mol. The highest BCUT2D eigenvalue weighted by Crippen LogP contribution is 2.03. The van der Waals surface area contributed by atoms with Gasteiger partial charge in [-0.05, 0) is 24.6 Å². The zero-order chi connectivity index (χ0) is 12.0. The Hall–Kier alpha value is -0.650. The minimum atomic E-state index is -0.000859. The topological polar surface area (TPSA) is 50.2 Å². The van der Waals surface area contributed by atoms with Gasteiger partial charge in [-0.15, -0.1) is 0 Å². The van der Waals surface area contributed by atoms with Crippen LogP contribution in [0.5, 0.6) is 0 Å². The molecular weight excluding hydrogens is 224 g/mol. The van der Waals surface area contributed by atoms with Crippen molar-refractivity contribution >= 4 is 12.2 Å². The van der Waals surface area contributed by atoms with Crippen LogP contribution in [0.4, 0.5) is 0 Å². The molecule has 1 heterocycles. The second-order valence-electron chi connectivity index (χ2n) is 4.19. The summed E-state index contributed by atoms with van der Waals surface area (Å²) in [5.41, 5.74) is 0.803. The fourth-order valence-corrected chi connectivity index (χ4v) is 1.65. The molecule has 0 unspecified atom stereocenters. The van der Waals surface area contributed by atoms with Crippen molar-refractivity contribution in [2.24, 2.45) is 5.92 Å². The van der Waals surface area contributed by atoms with E-state index in [4.69, 9.17) is 22.1 Å². The van der Waals surface area contributed by atoms with Gasteiger partial charge in [-0.3, -0.25) is 0 Å². The van der Waals surface area contributed by atoms with Crippen molar-refractivity contribution in [2.75, 3.05) is 13.2 Å². The number of aromatic amines is 1. The van der Waals surface area contributed by atoms with E-state index in [2.05, 4.69) is 18.8 Å². The van der Waals surface area contributed by atoms with Gasteiger partial charge in [-0.25, -0.2) is 0 Å². The average molecular weight is 244 g/mol. The first-order valence-electron chi connectivity index (χ1n) is 5.60. The molecule has 0 bridgehead atoms. The summed E-state index contributed by atoms with van der Waals surface area (Å²) >= 11 is 5.10. The predicted molar refractivity (Wildman–Crippen MR) is 65.8 cm³/mol. The van der Waals surface area contributed by atoms with Crippen LogP contribution in [0.15, 0.2) is 6.20 Å². The second-order valence-corrected chi connectivity index (χ2v) is 4.58. The highest BCUT2D eigenvalue weighted by Gasteiger charge is 2.02. The van der Waals surface area contributed by atoms with Gasteiger partial charge in [0.25, 0.3) is 0 Å². The molecule has 0 atom stereocenters. The molecule has 4 nitrogen and oxygen atoms in total. The number of rotatable bonds is 7. The van der Waals surface area contributed by atoms with Gasteiger partial charge in [-0.2, -0.15) is 0 Å². The summed E-state index contributed by atoms with van der Waals surface area (Å²) in [5.74, 6) is 0.669. The quantitative estimate of drug-likeness (QED) is 0.570. The number of aromatic nitrogens is 2. The van der Waals surface area contributed by atoms with E-state index in [1.165, 1.54) is 0 Å². The number of hydrogen-bond donors (Lipinski definition) is 2.